The second-order valence-corrected chi connectivity index (χ2v) is 6.14. The van der Waals surface area contributed by atoms with Gasteiger partial charge in [0.25, 0.3) is 0 Å². The highest BCUT2D eigenvalue weighted by molar-refractivity contribution is 7.12. The van der Waals surface area contributed by atoms with Crippen molar-refractivity contribution in [3.8, 4) is 0 Å². The molecule has 0 spiro atoms. The normalized spacial score (nSPS) is 14.5. The van der Waals surface area contributed by atoms with E-state index in [4.69, 9.17) is 11.6 Å². The van der Waals surface area contributed by atoms with Gasteiger partial charge in [-0.15, -0.1) is 11.3 Å². The number of carbonyl (C=O) groups excluding carboxylic acids is 1. The van der Waals surface area contributed by atoms with E-state index in [1.807, 2.05) is 0 Å². The molecule has 19 heavy (non-hydrogen) atoms. The number of halogens is 2. The molecule has 0 fully saturated rings. The highest BCUT2D eigenvalue weighted by Gasteiger charge is 2.22. The van der Waals surface area contributed by atoms with Crippen LogP contribution in [0.4, 0.5) is 4.39 Å². The first-order valence-corrected chi connectivity index (χ1v) is 7.28. The lowest BCUT2D eigenvalue weighted by Gasteiger charge is -2.06. The highest BCUT2D eigenvalue weighted by Crippen LogP contribution is 2.29. The van der Waals surface area contributed by atoms with Crippen LogP contribution in [0.3, 0.4) is 0 Å². The van der Waals surface area contributed by atoms with Gasteiger partial charge in [0.05, 0.1) is 5.01 Å². The molecule has 1 aliphatic rings. The van der Waals surface area contributed by atoms with Crippen LogP contribution < -0.4 is 0 Å². The fourth-order valence-corrected chi connectivity index (χ4v) is 3.60. The van der Waals surface area contributed by atoms with Gasteiger partial charge >= 0.3 is 0 Å². The lowest BCUT2D eigenvalue weighted by Crippen LogP contribution is -2.08. The van der Waals surface area contributed by atoms with E-state index in [9.17, 15) is 9.18 Å². The zero-order valence-corrected chi connectivity index (χ0v) is 11.7. The number of thiazole rings is 1. The summed E-state index contributed by atoms with van der Waals surface area (Å²) in [5.74, 6) is -0.212. The number of carbonyl (C=O) groups is 1. The topological polar surface area (TPSA) is 30.0 Å². The summed E-state index contributed by atoms with van der Waals surface area (Å²) < 4.78 is 13.0. The van der Waals surface area contributed by atoms with Crippen molar-refractivity contribution in [1.29, 1.82) is 0 Å². The number of aromatic nitrogens is 1. The van der Waals surface area contributed by atoms with Crippen LogP contribution in [-0.2, 0) is 12.8 Å². The first-order chi connectivity index (χ1) is 9.13. The molecule has 0 N–H and O–H groups in total. The maximum atomic E-state index is 13.0. The first-order valence-electron chi connectivity index (χ1n) is 6.09. The van der Waals surface area contributed by atoms with Crippen LogP contribution in [0.5, 0.6) is 0 Å². The molecule has 1 aromatic carbocycles. The Morgan fingerprint density at radius 3 is 2.95 bits per heavy atom. The predicted molar refractivity (Wildman–Crippen MR) is 73.6 cm³/mol. The van der Waals surface area contributed by atoms with Gasteiger partial charge in [0.1, 0.15) is 11.5 Å². The van der Waals surface area contributed by atoms with Crippen molar-refractivity contribution in [3.63, 3.8) is 0 Å². The zero-order chi connectivity index (χ0) is 13.4. The summed E-state index contributed by atoms with van der Waals surface area (Å²) >= 11 is 7.57. The first kappa shape index (κ1) is 12.8. The molecule has 0 unspecified atom stereocenters. The molecule has 2 nitrogen and oxygen atoms in total. The van der Waals surface area contributed by atoms with Crippen LogP contribution in [-0.4, -0.2) is 10.8 Å². The minimum atomic E-state index is -0.345. The number of fused-ring (bicyclic) bond motifs is 1. The van der Waals surface area contributed by atoms with Crippen LogP contribution >= 0.6 is 22.9 Å². The molecule has 3 rings (SSSR count). The predicted octanol–water partition coefficient (Wildman–Crippen LogP) is 4.05. The van der Waals surface area contributed by atoms with Crippen LogP contribution in [0.1, 0.15) is 38.8 Å². The Bertz CT molecular complexity index is 653. The number of hydrogen-bond donors (Lipinski definition) is 0. The van der Waals surface area contributed by atoms with Gasteiger partial charge in [-0.3, -0.25) is 4.79 Å². The summed E-state index contributed by atoms with van der Waals surface area (Å²) in [4.78, 5) is 17.2. The number of benzene rings is 1. The summed E-state index contributed by atoms with van der Waals surface area (Å²) in [6.07, 6.45) is 2.97. The van der Waals surface area contributed by atoms with Gasteiger partial charge in [0.2, 0.25) is 0 Å². The molecule has 0 aliphatic heterocycles. The average Bonchev–Trinajstić information content (AvgIpc) is 2.77. The molecular formula is C14H11ClFNOS. The number of nitrogens with zero attached hydrogens (tertiary/aromatic N) is 1. The number of rotatable bonds is 2. The van der Waals surface area contributed by atoms with Crippen LogP contribution in [0.15, 0.2) is 18.2 Å². The van der Waals surface area contributed by atoms with E-state index >= 15 is 0 Å². The molecule has 5 heteroatoms. The number of aryl methyl sites for hydroxylation is 1. The fourth-order valence-electron chi connectivity index (χ4n) is 2.22. The quantitative estimate of drug-likeness (QED) is 0.837. The molecular weight excluding hydrogens is 285 g/mol. The van der Waals surface area contributed by atoms with Crippen molar-refractivity contribution < 1.29 is 9.18 Å². The van der Waals surface area contributed by atoms with E-state index in [0.717, 1.165) is 28.3 Å². The minimum absolute atomic E-state index is 0.133. The van der Waals surface area contributed by atoms with Gasteiger partial charge in [0, 0.05) is 22.7 Å². The zero-order valence-electron chi connectivity index (χ0n) is 10.1. The lowest BCUT2D eigenvalue weighted by atomic mass is 10.0. The molecule has 0 amide bonds. The summed E-state index contributed by atoms with van der Waals surface area (Å²) in [5, 5.41) is 1.27. The summed E-state index contributed by atoms with van der Waals surface area (Å²) in [7, 11) is 0. The molecule has 0 atom stereocenters. The SMILES string of the molecule is O=C1CCCc2sc(Cc3ccc(F)cc3Cl)nc21. The second kappa shape index (κ2) is 5.02. The van der Waals surface area contributed by atoms with Gasteiger partial charge in [0.15, 0.2) is 5.78 Å². The molecule has 1 aromatic heterocycles. The molecule has 2 aromatic rings. The van der Waals surface area contributed by atoms with E-state index in [1.165, 1.54) is 12.1 Å². The van der Waals surface area contributed by atoms with Crippen LogP contribution in [0, 0.1) is 5.82 Å². The Kier molecular flexibility index (Phi) is 3.37. The third kappa shape index (κ3) is 2.55. The van der Waals surface area contributed by atoms with E-state index in [-0.39, 0.29) is 11.6 Å². The second-order valence-electron chi connectivity index (χ2n) is 4.57. The largest absolute Gasteiger partial charge is 0.292 e. The van der Waals surface area contributed by atoms with Gasteiger partial charge < -0.3 is 0 Å². The van der Waals surface area contributed by atoms with E-state index < -0.39 is 0 Å². The van der Waals surface area contributed by atoms with Gasteiger partial charge in [-0.25, -0.2) is 9.37 Å². The number of Topliss-reactive ketones (excluding diaryl/α,β-unsaturated/α-hetero) is 1. The summed E-state index contributed by atoms with van der Waals surface area (Å²) in [6.45, 7) is 0. The molecule has 1 aliphatic carbocycles. The fraction of sp³-hybridized carbons (Fsp3) is 0.286. The van der Waals surface area contributed by atoms with E-state index in [2.05, 4.69) is 4.98 Å². The summed E-state index contributed by atoms with van der Waals surface area (Å²) in [6, 6.07) is 4.36. The molecule has 1 heterocycles. The molecule has 98 valence electrons. The molecule has 0 radical (unpaired) electrons. The Balaban J connectivity index is 1.89. The third-order valence-corrected chi connectivity index (χ3v) is 4.64. The third-order valence-electron chi connectivity index (χ3n) is 3.17. The van der Waals surface area contributed by atoms with Crippen molar-refractivity contribution in [2.24, 2.45) is 0 Å². The Morgan fingerprint density at radius 2 is 2.21 bits per heavy atom. The highest BCUT2D eigenvalue weighted by atomic mass is 35.5. The smallest absolute Gasteiger partial charge is 0.182 e. The lowest BCUT2D eigenvalue weighted by molar-refractivity contribution is 0.0968. The number of hydrogen-bond acceptors (Lipinski definition) is 3. The van der Waals surface area contributed by atoms with E-state index in [1.54, 1.807) is 17.4 Å². The van der Waals surface area contributed by atoms with Crippen LogP contribution in [0.25, 0.3) is 0 Å². The number of ketones is 1. The van der Waals surface area contributed by atoms with Crippen molar-refractivity contribution >= 4 is 28.7 Å². The Labute approximate surface area is 119 Å². The Hall–Kier alpha value is -1.26. The van der Waals surface area contributed by atoms with Crippen molar-refractivity contribution in [1.82, 2.24) is 4.98 Å². The van der Waals surface area contributed by atoms with Crippen molar-refractivity contribution in [3.05, 3.63) is 50.2 Å². The van der Waals surface area contributed by atoms with E-state index in [0.29, 0.717) is 23.6 Å². The van der Waals surface area contributed by atoms with Gasteiger partial charge in [-0.05, 0) is 30.5 Å². The van der Waals surface area contributed by atoms with Gasteiger partial charge in [-0.1, -0.05) is 17.7 Å². The molecule has 0 saturated heterocycles. The van der Waals surface area contributed by atoms with Gasteiger partial charge in [-0.2, -0.15) is 0 Å². The average molecular weight is 296 g/mol. The van der Waals surface area contributed by atoms with Crippen molar-refractivity contribution in [2.75, 3.05) is 0 Å². The minimum Gasteiger partial charge on any atom is -0.292 e. The van der Waals surface area contributed by atoms with Crippen molar-refractivity contribution in [2.45, 2.75) is 25.7 Å². The van der Waals surface area contributed by atoms with Crippen LogP contribution in [0.2, 0.25) is 5.02 Å². The molecule has 0 saturated carbocycles. The summed E-state index contributed by atoms with van der Waals surface area (Å²) in [5.41, 5.74) is 1.46. The maximum absolute atomic E-state index is 13.0. The standard InChI is InChI=1S/C14H11ClFNOS/c15-10-7-9(16)5-4-8(10)6-13-17-14-11(18)2-1-3-12(14)19-13/h4-5,7H,1-3,6H2. The molecule has 0 bridgehead atoms. The monoisotopic (exact) mass is 295 g/mol. The Morgan fingerprint density at radius 1 is 1.37 bits per heavy atom. The maximum Gasteiger partial charge on any atom is 0.182 e.